The molecule has 3 rings (SSSR count). The van der Waals surface area contributed by atoms with Crippen molar-refractivity contribution in [3.8, 4) is 0 Å². The van der Waals surface area contributed by atoms with Gasteiger partial charge in [0.15, 0.2) is 11.8 Å². The molecule has 4 N–H and O–H groups in total. The van der Waals surface area contributed by atoms with Gasteiger partial charge in [-0.05, 0) is 21.9 Å². The van der Waals surface area contributed by atoms with E-state index in [4.69, 9.17) is 15.0 Å². The van der Waals surface area contributed by atoms with Gasteiger partial charge in [0.05, 0.1) is 23.8 Å². The van der Waals surface area contributed by atoms with E-state index >= 15 is 0 Å². The highest BCUT2D eigenvalue weighted by Gasteiger charge is 2.45. The number of ether oxygens (including phenoxy) is 2. The Balaban J connectivity index is 1.88. The number of hydrogen-bond acceptors (Lipinski definition) is 12. The molecule has 1 aliphatic rings. The van der Waals surface area contributed by atoms with Crippen molar-refractivity contribution >= 4 is 22.4 Å². The summed E-state index contributed by atoms with van der Waals surface area (Å²) in [5.41, 5.74) is 8.13. The summed E-state index contributed by atoms with van der Waals surface area (Å²) in [4.78, 5) is 13.1. The summed E-state index contributed by atoms with van der Waals surface area (Å²) in [6.45, 7) is -0.647. The summed E-state index contributed by atoms with van der Waals surface area (Å²) in [7, 11) is 0. The smallest absolute Gasteiger partial charge is 0.300 e. The molecule has 0 saturated carbocycles. The molecular formula is C14H17N7O8. The Morgan fingerprint density at radius 1 is 1.34 bits per heavy atom. The number of benzene rings is 1. The summed E-state index contributed by atoms with van der Waals surface area (Å²) >= 11 is 0. The van der Waals surface area contributed by atoms with E-state index in [0.717, 1.165) is 0 Å². The van der Waals surface area contributed by atoms with Gasteiger partial charge in [-0.15, -0.1) is 0 Å². The number of nitro groups is 1. The van der Waals surface area contributed by atoms with Crippen LogP contribution in [0.4, 0.5) is 11.4 Å². The van der Waals surface area contributed by atoms with Crippen molar-refractivity contribution in [1.82, 2.24) is 10.3 Å². The summed E-state index contributed by atoms with van der Waals surface area (Å²) in [5, 5.41) is 54.5. The zero-order valence-electron chi connectivity index (χ0n) is 14.7. The fourth-order valence-electron chi connectivity index (χ4n) is 2.93. The fraction of sp³-hybridized carbons (Fsp3) is 0.571. The molecule has 15 heteroatoms. The lowest BCUT2D eigenvalue weighted by Gasteiger charge is -2.42. The minimum Gasteiger partial charge on any atom is -0.394 e. The number of nitrogens with one attached hydrogen (secondary N) is 1. The van der Waals surface area contributed by atoms with Gasteiger partial charge < -0.3 is 30.1 Å². The minimum atomic E-state index is -1.45. The van der Waals surface area contributed by atoms with Crippen LogP contribution < -0.4 is 5.32 Å². The van der Waals surface area contributed by atoms with E-state index in [1.165, 1.54) is 12.1 Å². The van der Waals surface area contributed by atoms with Crippen molar-refractivity contribution in [2.24, 2.45) is 5.11 Å². The van der Waals surface area contributed by atoms with Gasteiger partial charge >= 0.3 is 5.69 Å². The first-order valence-corrected chi connectivity index (χ1v) is 8.39. The molecule has 1 aromatic heterocycles. The van der Waals surface area contributed by atoms with Gasteiger partial charge in [-0.25, -0.2) is 4.63 Å². The Bertz CT molecular complexity index is 917. The van der Waals surface area contributed by atoms with E-state index in [-0.39, 0.29) is 35.6 Å². The number of aliphatic hydroxyl groups is 3. The maximum atomic E-state index is 11.1. The van der Waals surface area contributed by atoms with Gasteiger partial charge in [-0.1, -0.05) is 5.11 Å². The van der Waals surface area contributed by atoms with Gasteiger partial charge in [0.1, 0.15) is 24.4 Å². The Hall–Kier alpha value is -3.07. The molecule has 15 nitrogen and oxygen atoms in total. The standard InChI is InChI=1S/C14H17N7O8/c15-20-16-3-4-27-14-11(13(24)12(23)8(5-22)28-14)17-6-1-2-7(21(25)26)10-9(6)18-29-19-10/h1-2,8,11-14,17,22-24H,3-5H2/t8-,11-,12-,13-,14-/m1/s1. The average molecular weight is 411 g/mol. The molecule has 1 saturated heterocycles. The number of azide groups is 1. The fourth-order valence-corrected chi connectivity index (χ4v) is 2.93. The second-order valence-corrected chi connectivity index (χ2v) is 6.05. The average Bonchev–Trinajstić information content (AvgIpc) is 3.20. The van der Waals surface area contributed by atoms with Gasteiger partial charge in [0.2, 0.25) is 5.52 Å². The van der Waals surface area contributed by atoms with Crippen LogP contribution in [0.2, 0.25) is 0 Å². The van der Waals surface area contributed by atoms with E-state index in [2.05, 4.69) is 30.3 Å². The summed E-state index contributed by atoms with van der Waals surface area (Å²) in [6, 6.07) is 1.44. The Kier molecular flexibility index (Phi) is 6.38. The van der Waals surface area contributed by atoms with Gasteiger partial charge in [-0.2, -0.15) is 0 Å². The van der Waals surface area contributed by atoms with Crippen LogP contribution in [0.3, 0.4) is 0 Å². The first-order valence-electron chi connectivity index (χ1n) is 8.39. The number of aliphatic hydroxyl groups excluding tert-OH is 3. The highest BCUT2D eigenvalue weighted by Crippen LogP contribution is 2.31. The topological polar surface area (TPSA) is 222 Å². The molecule has 29 heavy (non-hydrogen) atoms. The molecule has 0 radical (unpaired) electrons. The van der Waals surface area contributed by atoms with Gasteiger partial charge in [0, 0.05) is 17.5 Å². The molecule has 2 heterocycles. The van der Waals surface area contributed by atoms with Crippen molar-refractivity contribution in [2.45, 2.75) is 30.6 Å². The Morgan fingerprint density at radius 3 is 2.79 bits per heavy atom. The SMILES string of the molecule is [N-]=[N+]=NCCO[C@@H]1O[C@H](CO)[C@@H](O)[C@H](O)[C@H]1Nc1ccc([N+](=O)[O-])c2nonc12. The number of non-ortho nitro benzene ring substituents is 1. The van der Waals surface area contributed by atoms with Crippen molar-refractivity contribution in [1.29, 1.82) is 0 Å². The second-order valence-electron chi connectivity index (χ2n) is 6.05. The number of rotatable bonds is 8. The third kappa shape index (κ3) is 4.19. The van der Waals surface area contributed by atoms with Crippen molar-refractivity contribution in [3.05, 3.63) is 32.7 Å². The maximum absolute atomic E-state index is 11.1. The quantitative estimate of drug-likeness (QED) is 0.110. The summed E-state index contributed by atoms with van der Waals surface area (Å²) < 4.78 is 15.6. The predicted molar refractivity (Wildman–Crippen MR) is 93.6 cm³/mol. The zero-order chi connectivity index (χ0) is 21.0. The van der Waals surface area contributed by atoms with E-state index in [0.29, 0.717) is 0 Å². The molecule has 5 atom stereocenters. The second kappa shape index (κ2) is 8.95. The van der Waals surface area contributed by atoms with Crippen molar-refractivity contribution < 1.29 is 34.3 Å². The van der Waals surface area contributed by atoms with E-state index in [1.807, 2.05) is 0 Å². The van der Waals surface area contributed by atoms with E-state index in [9.17, 15) is 25.4 Å². The van der Waals surface area contributed by atoms with Crippen molar-refractivity contribution in [2.75, 3.05) is 25.1 Å². The van der Waals surface area contributed by atoms with Gasteiger partial charge in [-0.3, -0.25) is 10.1 Å². The lowest BCUT2D eigenvalue weighted by atomic mass is 9.96. The molecule has 2 aromatic rings. The Labute approximate surface area is 161 Å². The molecule has 156 valence electrons. The van der Waals surface area contributed by atoms with E-state index in [1.54, 1.807) is 0 Å². The van der Waals surface area contributed by atoms with Crippen LogP contribution in [0.1, 0.15) is 0 Å². The van der Waals surface area contributed by atoms with Gasteiger partial charge in [0.25, 0.3) is 0 Å². The summed E-state index contributed by atoms with van der Waals surface area (Å²) in [5.74, 6) is 0. The van der Waals surface area contributed by atoms with Crippen LogP contribution in [-0.2, 0) is 9.47 Å². The Morgan fingerprint density at radius 2 is 2.10 bits per heavy atom. The minimum absolute atomic E-state index is 0.0134. The van der Waals surface area contributed by atoms with Crippen LogP contribution in [0, 0.1) is 10.1 Å². The number of aromatic nitrogens is 2. The molecule has 0 aliphatic carbocycles. The predicted octanol–water partition coefficient (Wildman–Crippen LogP) is -0.323. The molecule has 0 amide bonds. The molecule has 1 fully saturated rings. The molecule has 0 spiro atoms. The number of fused-ring (bicyclic) bond motifs is 1. The summed E-state index contributed by atoms with van der Waals surface area (Å²) in [6.07, 6.45) is -5.17. The van der Waals surface area contributed by atoms with Crippen LogP contribution in [0.5, 0.6) is 0 Å². The molecule has 0 bridgehead atoms. The monoisotopic (exact) mass is 411 g/mol. The van der Waals surface area contributed by atoms with Crippen LogP contribution >= 0.6 is 0 Å². The number of nitro benzene ring substituents is 1. The molecular weight excluding hydrogens is 394 g/mol. The van der Waals surface area contributed by atoms with E-state index < -0.39 is 42.2 Å². The van der Waals surface area contributed by atoms with Crippen LogP contribution in [-0.4, -0.2) is 81.0 Å². The largest absolute Gasteiger partial charge is 0.394 e. The lowest BCUT2D eigenvalue weighted by Crippen LogP contribution is -2.61. The van der Waals surface area contributed by atoms with Crippen LogP contribution in [0.15, 0.2) is 21.9 Å². The number of anilines is 1. The highest BCUT2D eigenvalue weighted by molar-refractivity contribution is 5.93. The molecule has 1 aromatic carbocycles. The number of nitrogens with zero attached hydrogens (tertiary/aromatic N) is 6. The molecule has 0 unspecified atom stereocenters. The third-order valence-corrected chi connectivity index (χ3v) is 4.33. The third-order valence-electron chi connectivity index (χ3n) is 4.33. The lowest BCUT2D eigenvalue weighted by molar-refractivity contribution is -0.383. The van der Waals surface area contributed by atoms with Crippen LogP contribution in [0.25, 0.3) is 21.5 Å². The maximum Gasteiger partial charge on any atom is 0.300 e. The zero-order valence-corrected chi connectivity index (χ0v) is 14.7. The molecule has 1 aliphatic heterocycles. The number of hydrogen-bond donors (Lipinski definition) is 4. The first-order chi connectivity index (χ1) is 14.0. The highest BCUT2D eigenvalue weighted by atomic mass is 16.7. The normalized spacial score (nSPS) is 26.8. The first kappa shape index (κ1) is 20.7. The van der Waals surface area contributed by atoms with Crippen molar-refractivity contribution in [3.63, 3.8) is 0 Å².